The van der Waals surface area contributed by atoms with Crippen molar-refractivity contribution in [3.63, 3.8) is 0 Å². The zero-order valence-electron chi connectivity index (χ0n) is 4.01. The maximum Gasteiger partial charge on any atom is 0.0748 e. The first kappa shape index (κ1) is 4.71. The van der Waals surface area contributed by atoms with Crippen molar-refractivity contribution in [3.8, 4) is 0 Å². The first-order valence-corrected chi connectivity index (χ1v) is 3.30. The standard InChI is InChI=1S/C4H6N2S/c1-4-2-7(5)3-6-4/h2-3,5H,1H3. The van der Waals surface area contributed by atoms with Crippen LogP contribution < -0.4 is 0 Å². The van der Waals surface area contributed by atoms with Crippen LogP contribution in [0.3, 0.4) is 0 Å². The van der Waals surface area contributed by atoms with Gasteiger partial charge in [0.2, 0.25) is 0 Å². The lowest BCUT2D eigenvalue weighted by Gasteiger charge is -1.73. The molecule has 0 aromatic heterocycles. The fourth-order valence-electron chi connectivity index (χ4n) is 0.385. The van der Waals surface area contributed by atoms with Gasteiger partial charge in [-0.2, -0.15) is 0 Å². The second-order valence-corrected chi connectivity index (χ2v) is 2.56. The maximum absolute atomic E-state index is 7.06. The molecule has 0 amide bonds. The third-order valence-electron chi connectivity index (χ3n) is 0.667. The Morgan fingerprint density at radius 1 is 1.86 bits per heavy atom. The van der Waals surface area contributed by atoms with Crippen LogP contribution in [-0.4, -0.2) is 5.55 Å². The molecular weight excluding hydrogens is 108 g/mol. The van der Waals surface area contributed by atoms with Crippen molar-refractivity contribution in [2.45, 2.75) is 6.92 Å². The van der Waals surface area contributed by atoms with Crippen LogP contribution >= 0.6 is 0 Å². The van der Waals surface area contributed by atoms with Crippen LogP contribution in [0.2, 0.25) is 0 Å². The first-order valence-electron chi connectivity index (χ1n) is 1.95. The van der Waals surface area contributed by atoms with E-state index in [0.717, 1.165) is 5.70 Å². The fraction of sp³-hybridized carbons (Fsp3) is 0.250. The van der Waals surface area contributed by atoms with Gasteiger partial charge in [-0.1, -0.05) is 0 Å². The molecule has 1 heterocycles. The van der Waals surface area contributed by atoms with Gasteiger partial charge in [0.25, 0.3) is 0 Å². The van der Waals surface area contributed by atoms with Crippen molar-refractivity contribution in [2.75, 3.05) is 0 Å². The lowest BCUT2D eigenvalue weighted by Crippen LogP contribution is -1.70. The zero-order chi connectivity index (χ0) is 5.28. The molecule has 0 aromatic carbocycles. The molecule has 0 radical (unpaired) electrons. The molecule has 7 heavy (non-hydrogen) atoms. The average Bonchev–Trinajstić information content (AvgIpc) is 1.87. The normalized spacial score (nSPS) is 28.1. The minimum Gasteiger partial charge on any atom is -0.270 e. The SMILES string of the molecule is CC1=CS(=N)C=N1. The summed E-state index contributed by atoms with van der Waals surface area (Å²) in [7, 11) is -0.407. The molecule has 0 aliphatic carbocycles. The lowest BCUT2D eigenvalue weighted by molar-refractivity contribution is 1.35. The molecule has 0 aromatic rings. The van der Waals surface area contributed by atoms with Gasteiger partial charge in [0, 0.05) is 11.1 Å². The maximum atomic E-state index is 7.06. The van der Waals surface area contributed by atoms with Crippen LogP contribution in [0.25, 0.3) is 0 Å². The molecule has 1 aliphatic heterocycles. The van der Waals surface area contributed by atoms with Crippen LogP contribution in [0.5, 0.6) is 0 Å². The number of nitrogens with zero attached hydrogens (tertiary/aromatic N) is 1. The molecule has 1 atom stereocenters. The summed E-state index contributed by atoms with van der Waals surface area (Å²) in [6, 6.07) is 0. The van der Waals surface area contributed by atoms with Crippen molar-refractivity contribution in [1.29, 1.82) is 4.78 Å². The van der Waals surface area contributed by atoms with Gasteiger partial charge >= 0.3 is 0 Å². The third-order valence-corrected chi connectivity index (χ3v) is 1.60. The monoisotopic (exact) mass is 114 g/mol. The van der Waals surface area contributed by atoms with Gasteiger partial charge in [-0.05, 0) is 17.6 Å². The second kappa shape index (κ2) is 1.58. The Morgan fingerprint density at radius 2 is 2.57 bits per heavy atom. The third kappa shape index (κ3) is 0.962. The predicted octanol–water partition coefficient (Wildman–Crippen LogP) is 1.27. The van der Waals surface area contributed by atoms with E-state index < -0.39 is 10.7 Å². The minimum absolute atomic E-state index is 0.407. The highest BCUT2D eigenvalue weighted by molar-refractivity contribution is 8.02. The molecule has 1 unspecified atom stereocenters. The fourth-order valence-corrected chi connectivity index (χ4v) is 1.15. The van der Waals surface area contributed by atoms with Crippen LogP contribution in [0.4, 0.5) is 0 Å². The summed E-state index contributed by atoms with van der Waals surface area (Å²) in [6.45, 7) is 1.90. The van der Waals surface area contributed by atoms with Crippen molar-refractivity contribution >= 4 is 16.2 Å². The first-order chi connectivity index (χ1) is 3.29. The van der Waals surface area contributed by atoms with Gasteiger partial charge in [-0.3, -0.25) is 9.77 Å². The highest BCUT2D eigenvalue weighted by atomic mass is 32.2. The Labute approximate surface area is 44.9 Å². The Balaban J connectivity index is 2.88. The molecule has 1 rings (SSSR count). The van der Waals surface area contributed by atoms with E-state index >= 15 is 0 Å². The van der Waals surface area contributed by atoms with E-state index in [1.165, 1.54) is 0 Å². The number of hydrogen-bond acceptors (Lipinski definition) is 2. The number of hydrogen-bond donors (Lipinski definition) is 1. The van der Waals surface area contributed by atoms with Gasteiger partial charge in [-0.25, -0.2) is 0 Å². The summed E-state index contributed by atoms with van der Waals surface area (Å²) < 4.78 is 7.06. The Morgan fingerprint density at radius 3 is 2.71 bits per heavy atom. The van der Waals surface area contributed by atoms with Crippen molar-refractivity contribution < 1.29 is 0 Å². The van der Waals surface area contributed by atoms with Crippen molar-refractivity contribution in [1.82, 2.24) is 0 Å². The number of allylic oxidation sites excluding steroid dienone is 1. The molecule has 0 saturated carbocycles. The average molecular weight is 114 g/mol. The van der Waals surface area contributed by atoms with E-state index in [4.69, 9.17) is 4.78 Å². The van der Waals surface area contributed by atoms with E-state index in [9.17, 15) is 0 Å². The predicted molar refractivity (Wildman–Crippen MR) is 32.3 cm³/mol. The highest BCUT2D eigenvalue weighted by Crippen LogP contribution is 2.02. The van der Waals surface area contributed by atoms with E-state index in [-0.39, 0.29) is 0 Å². The summed E-state index contributed by atoms with van der Waals surface area (Å²) in [5, 5.41) is 1.83. The van der Waals surface area contributed by atoms with E-state index in [1.54, 1.807) is 5.55 Å². The molecule has 1 aliphatic rings. The summed E-state index contributed by atoms with van der Waals surface area (Å²) in [6.07, 6.45) is 0. The Hall–Kier alpha value is -0.440. The quantitative estimate of drug-likeness (QED) is 0.492. The van der Waals surface area contributed by atoms with E-state index in [2.05, 4.69) is 4.99 Å². The molecule has 1 N–H and O–H groups in total. The van der Waals surface area contributed by atoms with Crippen LogP contribution in [0, 0.1) is 4.78 Å². The van der Waals surface area contributed by atoms with Crippen LogP contribution in [0.15, 0.2) is 16.1 Å². The molecule has 0 bridgehead atoms. The van der Waals surface area contributed by atoms with Crippen molar-refractivity contribution in [3.05, 3.63) is 11.1 Å². The number of nitrogens with one attached hydrogen (secondary N) is 1. The molecule has 38 valence electrons. The summed E-state index contributed by atoms with van der Waals surface area (Å²) in [5.74, 6) is 0. The lowest BCUT2D eigenvalue weighted by atomic mass is 10.6. The summed E-state index contributed by atoms with van der Waals surface area (Å²) >= 11 is 0. The Bertz CT molecular complexity index is 157. The smallest absolute Gasteiger partial charge is 0.0748 e. The Kier molecular flexibility index (Phi) is 1.06. The molecule has 0 fully saturated rings. The molecule has 0 spiro atoms. The minimum atomic E-state index is -0.407. The number of rotatable bonds is 0. The van der Waals surface area contributed by atoms with Gasteiger partial charge in [0.15, 0.2) is 0 Å². The summed E-state index contributed by atoms with van der Waals surface area (Å²) in [4.78, 5) is 3.88. The molecule has 2 nitrogen and oxygen atoms in total. The molecule has 3 heteroatoms. The second-order valence-electron chi connectivity index (χ2n) is 1.37. The van der Waals surface area contributed by atoms with Gasteiger partial charge in [-0.15, -0.1) is 0 Å². The van der Waals surface area contributed by atoms with Gasteiger partial charge < -0.3 is 0 Å². The highest BCUT2D eigenvalue weighted by Gasteiger charge is 1.92. The van der Waals surface area contributed by atoms with E-state index in [0.29, 0.717) is 0 Å². The van der Waals surface area contributed by atoms with Gasteiger partial charge in [0.05, 0.1) is 5.55 Å². The summed E-state index contributed by atoms with van der Waals surface area (Å²) in [5.41, 5.74) is 2.62. The van der Waals surface area contributed by atoms with Crippen LogP contribution in [0.1, 0.15) is 6.92 Å². The zero-order valence-corrected chi connectivity index (χ0v) is 4.83. The van der Waals surface area contributed by atoms with Gasteiger partial charge in [0.1, 0.15) is 0 Å². The topological polar surface area (TPSA) is 36.2 Å². The molecular formula is C4H6N2S. The largest absolute Gasteiger partial charge is 0.270 e. The number of aliphatic imine (C=N–C) groups is 1. The van der Waals surface area contributed by atoms with Crippen molar-refractivity contribution in [2.24, 2.45) is 4.99 Å². The van der Waals surface area contributed by atoms with E-state index in [1.807, 2.05) is 12.3 Å². The van der Waals surface area contributed by atoms with Crippen LogP contribution in [-0.2, 0) is 10.7 Å². The molecule has 0 saturated heterocycles.